The van der Waals surface area contributed by atoms with Crippen molar-refractivity contribution < 1.29 is 0 Å². The summed E-state index contributed by atoms with van der Waals surface area (Å²) in [5.74, 6) is 0. The van der Waals surface area contributed by atoms with Gasteiger partial charge in [-0.3, -0.25) is 0 Å². The fourth-order valence-corrected chi connectivity index (χ4v) is 20.5. The van der Waals surface area contributed by atoms with E-state index in [0.717, 1.165) is 6.42 Å². The molecular formula is C28H42Sn. The number of allylic oxidation sites excluding steroid dienone is 1. The Hall–Kier alpha value is -1.02. The molecule has 0 nitrogen and oxygen atoms in total. The Morgan fingerprint density at radius 1 is 0.690 bits per heavy atom. The molecule has 0 unspecified atom stereocenters. The van der Waals surface area contributed by atoms with Gasteiger partial charge in [0.15, 0.2) is 0 Å². The Bertz CT molecular complexity index is 690. The van der Waals surface area contributed by atoms with Gasteiger partial charge in [-0.2, -0.15) is 0 Å². The first-order valence-electron chi connectivity index (χ1n) is 12.1. The summed E-state index contributed by atoms with van der Waals surface area (Å²) < 4.78 is 6.42. The quantitative estimate of drug-likeness (QED) is 0.192. The summed E-state index contributed by atoms with van der Waals surface area (Å²) in [6.45, 7) is 9.34. The van der Waals surface area contributed by atoms with Crippen molar-refractivity contribution in [3.63, 3.8) is 0 Å². The van der Waals surface area contributed by atoms with E-state index in [2.05, 4.69) is 88.4 Å². The van der Waals surface area contributed by atoms with E-state index >= 15 is 0 Å². The molecule has 0 aliphatic heterocycles. The van der Waals surface area contributed by atoms with E-state index < -0.39 is 18.4 Å². The molecule has 0 saturated heterocycles. The van der Waals surface area contributed by atoms with E-state index in [1.807, 2.05) is 0 Å². The second-order valence-electron chi connectivity index (χ2n) is 8.60. The molecule has 29 heavy (non-hydrogen) atoms. The first-order valence-corrected chi connectivity index (χ1v) is 19.5. The van der Waals surface area contributed by atoms with Gasteiger partial charge in [0.1, 0.15) is 0 Å². The standard InChI is InChI=1S/C16H15.3C4H9.Sn/c1-2-15(16-11-7-4-8-12-16)13-14-9-5-3-6-10-14;3*1-3-4-2;/h4-13H,2H2,1H3;3*1,3-4H2,2H3;/b15-13-;;;;. The molecule has 1 heteroatoms. The van der Waals surface area contributed by atoms with Crippen molar-refractivity contribution in [3.8, 4) is 0 Å². The maximum absolute atomic E-state index is 2.53. The van der Waals surface area contributed by atoms with E-state index in [1.165, 1.54) is 55.2 Å². The van der Waals surface area contributed by atoms with Gasteiger partial charge >= 0.3 is 185 Å². The van der Waals surface area contributed by atoms with Gasteiger partial charge in [-0.1, -0.05) is 0 Å². The Morgan fingerprint density at radius 3 is 1.66 bits per heavy atom. The third-order valence-corrected chi connectivity index (χ3v) is 22.1. The zero-order valence-electron chi connectivity index (χ0n) is 19.3. The van der Waals surface area contributed by atoms with E-state index in [1.54, 1.807) is 16.9 Å². The molecule has 0 spiro atoms. The maximum atomic E-state index is 2.53. The third-order valence-electron chi connectivity index (χ3n) is 6.42. The zero-order valence-corrected chi connectivity index (χ0v) is 22.2. The SMILES string of the molecule is CCC[CH2][Sn]([CH2]CCC)([CH2]CCC)[c]1ccc(/C=C(/CC)c2ccccc2)cc1. The van der Waals surface area contributed by atoms with Crippen LogP contribution in [0.2, 0.25) is 13.3 Å². The van der Waals surface area contributed by atoms with Crippen LogP contribution in [0, 0.1) is 0 Å². The van der Waals surface area contributed by atoms with Crippen LogP contribution in [-0.2, 0) is 0 Å². The molecule has 0 saturated carbocycles. The fraction of sp³-hybridized carbons (Fsp3) is 0.500. The van der Waals surface area contributed by atoms with Gasteiger partial charge in [0.05, 0.1) is 0 Å². The predicted octanol–water partition coefficient (Wildman–Crippen LogP) is 8.69. The van der Waals surface area contributed by atoms with Crippen molar-refractivity contribution in [2.45, 2.75) is 86.0 Å². The van der Waals surface area contributed by atoms with Crippen molar-refractivity contribution in [2.24, 2.45) is 0 Å². The Labute approximate surface area is 184 Å². The molecule has 2 rings (SSSR count). The van der Waals surface area contributed by atoms with Crippen molar-refractivity contribution in [1.82, 2.24) is 0 Å². The van der Waals surface area contributed by atoms with Gasteiger partial charge in [0, 0.05) is 0 Å². The molecule has 0 aliphatic carbocycles. The summed E-state index contributed by atoms with van der Waals surface area (Å²) in [7, 11) is 0. The molecule has 0 bridgehead atoms. The van der Waals surface area contributed by atoms with Gasteiger partial charge in [-0.05, 0) is 0 Å². The summed E-state index contributed by atoms with van der Waals surface area (Å²) in [6.07, 6.45) is 11.8. The van der Waals surface area contributed by atoms with Gasteiger partial charge in [-0.25, -0.2) is 0 Å². The van der Waals surface area contributed by atoms with Crippen molar-refractivity contribution in [2.75, 3.05) is 0 Å². The molecule has 0 N–H and O–H groups in total. The van der Waals surface area contributed by atoms with Gasteiger partial charge < -0.3 is 0 Å². The van der Waals surface area contributed by atoms with Crippen LogP contribution in [0.5, 0.6) is 0 Å². The minimum atomic E-state index is -2.29. The van der Waals surface area contributed by atoms with E-state index in [9.17, 15) is 0 Å². The molecular weight excluding hydrogens is 455 g/mol. The predicted molar refractivity (Wildman–Crippen MR) is 136 cm³/mol. The second kappa shape index (κ2) is 13.3. The Balaban J connectivity index is 2.32. The van der Waals surface area contributed by atoms with Gasteiger partial charge in [0.25, 0.3) is 0 Å². The monoisotopic (exact) mass is 498 g/mol. The van der Waals surface area contributed by atoms with E-state index in [-0.39, 0.29) is 0 Å². The average Bonchev–Trinajstić information content (AvgIpc) is 2.78. The molecule has 0 aromatic heterocycles. The topological polar surface area (TPSA) is 0 Å². The molecule has 158 valence electrons. The van der Waals surface area contributed by atoms with Crippen LogP contribution in [-0.4, -0.2) is 18.4 Å². The number of hydrogen-bond acceptors (Lipinski definition) is 0. The molecule has 2 aromatic rings. The van der Waals surface area contributed by atoms with E-state index in [0.29, 0.717) is 0 Å². The Kier molecular flexibility index (Phi) is 11.1. The van der Waals surface area contributed by atoms with Crippen LogP contribution in [0.1, 0.15) is 83.8 Å². The van der Waals surface area contributed by atoms with E-state index in [4.69, 9.17) is 0 Å². The fourth-order valence-electron chi connectivity index (χ4n) is 4.53. The summed E-state index contributed by atoms with van der Waals surface area (Å²) >= 11 is -2.29. The molecule has 0 fully saturated rings. The summed E-state index contributed by atoms with van der Waals surface area (Å²) in [5.41, 5.74) is 4.13. The Morgan fingerprint density at radius 2 is 1.21 bits per heavy atom. The van der Waals surface area contributed by atoms with Gasteiger partial charge in [0.2, 0.25) is 0 Å². The first-order chi connectivity index (χ1) is 14.2. The van der Waals surface area contributed by atoms with Crippen molar-refractivity contribution >= 4 is 33.6 Å². The van der Waals surface area contributed by atoms with Gasteiger partial charge in [-0.15, -0.1) is 0 Å². The zero-order chi connectivity index (χ0) is 21.0. The average molecular weight is 497 g/mol. The molecule has 0 radical (unpaired) electrons. The van der Waals surface area contributed by atoms with Crippen LogP contribution < -0.4 is 3.58 Å². The summed E-state index contributed by atoms with van der Waals surface area (Å²) in [4.78, 5) is 0. The first kappa shape index (κ1) is 24.3. The van der Waals surface area contributed by atoms with Crippen LogP contribution in [0.25, 0.3) is 11.6 Å². The third kappa shape index (κ3) is 7.31. The number of rotatable bonds is 13. The molecule has 0 atom stereocenters. The van der Waals surface area contributed by atoms with Crippen LogP contribution in [0.3, 0.4) is 0 Å². The van der Waals surface area contributed by atoms with Crippen molar-refractivity contribution in [1.29, 1.82) is 0 Å². The number of unbranched alkanes of at least 4 members (excludes halogenated alkanes) is 3. The minimum absolute atomic E-state index is 1.07. The molecule has 0 aliphatic rings. The molecule has 2 aromatic carbocycles. The molecule has 0 amide bonds. The van der Waals surface area contributed by atoms with Crippen LogP contribution in [0.15, 0.2) is 54.6 Å². The molecule has 0 heterocycles. The number of hydrogen-bond donors (Lipinski definition) is 0. The number of benzene rings is 2. The van der Waals surface area contributed by atoms with Crippen LogP contribution in [0.4, 0.5) is 0 Å². The van der Waals surface area contributed by atoms with Crippen LogP contribution >= 0.6 is 0 Å². The van der Waals surface area contributed by atoms with Crippen molar-refractivity contribution in [3.05, 3.63) is 65.7 Å². The summed E-state index contributed by atoms with van der Waals surface area (Å²) in [6, 6.07) is 20.7. The summed E-state index contributed by atoms with van der Waals surface area (Å²) in [5, 5.41) is 0. The second-order valence-corrected chi connectivity index (χ2v) is 21.8. The normalized spacial score (nSPS) is 12.3.